The van der Waals surface area contributed by atoms with Gasteiger partial charge in [0, 0.05) is 98.3 Å². The van der Waals surface area contributed by atoms with Crippen molar-refractivity contribution in [2.24, 2.45) is 0 Å². The maximum absolute atomic E-state index is 17.1. The highest BCUT2D eigenvalue weighted by Gasteiger charge is 2.38. The number of benzene rings is 3. The van der Waals surface area contributed by atoms with E-state index in [0.29, 0.717) is 77.2 Å². The number of carbonyl (C=O) groups is 2. The van der Waals surface area contributed by atoms with E-state index in [1.807, 2.05) is 12.1 Å². The second kappa shape index (κ2) is 15.8. The van der Waals surface area contributed by atoms with Crippen molar-refractivity contribution in [3.05, 3.63) is 77.2 Å². The number of imide groups is 1. The smallest absolute Gasteiger partial charge is 0.319 e. The number of phenolic OH excluding ortho intramolecular Hbond substituents is 1. The average Bonchev–Trinajstić information content (AvgIpc) is 4.02. The molecule has 3 aromatic carbocycles. The van der Waals surface area contributed by atoms with Crippen LogP contribution in [-0.2, 0) is 22.7 Å². The van der Waals surface area contributed by atoms with Crippen LogP contribution in [0.2, 0.25) is 0 Å². The Morgan fingerprint density at radius 3 is 2.55 bits per heavy atom. The molecule has 2 amide bonds. The van der Waals surface area contributed by atoms with Gasteiger partial charge < -0.3 is 25.0 Å². The lowest BCUT2D eigenvalue weighted by molar-refractivity contribution is -0.137. The van der Waals surface area contributed by atoms with E-state index >= 15 is 4.39 Å². The van der Waals surface area contributed by atoms with Crippen LogP contribution in [0.1, 0.15) is 68.1 Å². The highest BCUT2D eigenvalue weighted by atomic mass is 19.1. The van der Waals surface area contributed by atoms with E-state index in [1.165, 1.54) is 22.9 Å². The highest BCUT2D eigenvalue weighted by molar-refractivity contribution is 6.03. The van der Waals surface area contributed by atoms with Crippen LogP contribution in [0, 0.1) is 18.2 Å². The summed E-state index contributed by atoms with van der Waals surface area (Å²) in [6.45, 7) is 6.22. The number of hydrogen-bond acceptors (Lipinski definition) is 12. The lowest BCUT2D eigenvalue weighted by atomic mass is 9.96. The maximum atomic E-state index is 17.1. The monoisotopic (exact) mass is 835 g/mol. The summed E-state index contributed by atoms with van der Waals surface area (Å²) >= 11 is 0. The molecule has 5 aromatic rings. The minimum Gasteiger partial charge on any atom is -0.508 e. The number of nitrogens with zero attached hydrogens (tertiary/aromatic N) is 7. The number of aromatic nitrogens is 3. The molecule has 1 unspecified atom stereocenters. The number of rotatable bonds is 8. The molecule has 13 nitrogen and oxygen atoms in total. The second-order valence-electron chi connectivity index (χ2n) is 18.0. The molecule has 6 aliphatic heterocycles. The Hall–Kier alpha value is -5.88. The van der Waals surface area contributed by atoms with Crippen LogP contribution in [0.5, 0.6) is 11.8 Å². The van der Waals surface area contributed by atoms with Crippen molar-refractivity contribution in [2.45, 2.75) is 94.7 Å². The summed E-state index contributed by atoms with van der Waals surface area (Å²) in [5, 5.41) is 18.8. The lowest BCUT2D eigenvalue weighted by Gasteiger charge is -2.40. The normalized spacial score (nSPS) is 24.5. The lowest BCUT2D eigenvalue weighted by Crippen LogP contribution is -2.51. The topological polar surface area (TPSA) is 139 Å². The number of aromatic hydroxyl groups is 1. The molecular weight excluding hydrogens is 786 g/mol. The van der Waals surface area contributed by atoms with Gasteiger partial charge in [0.1, 0.15) is 29.4 Å². The van der Waals surface area contributed by atoms with Gasteiger partial charge >= 0.3 is 6.01 Å². The Kier molecular flexibility index (Phi) is 9.93. The zero-order valence-corrected chi connectivity index (χ0v) is 34.7. The molecule has 2 bridgehead atoms. The Bertz CT molecular complexity index is 2650. The van der Waals surface area contributed by atoms with E-state index in [0.717, 1.165) is 77.8 Å². The Balaban J connectivity index is 0.815. The summed E-state index contributed by atoms with van der Waals surface area (Å²) in [5.74, 6) is 2.35. The second-order valence-corrected chi connectivity index (χ2v) is 18.0. The van der Waals surface area contributed by atoms with Gasteiger partial charge in [-0.2, -0.15) is 9.97 Å². The molecule has 2 aromatic heterocycles. The summed E-state index contributed by atoms with van der Waals surface area (Å²) in [6.07, 6.45) is 14.8. The fourth-order valence-corrected chi connectivity index (χ4v) is 11.2. The molecule has 4 atom stereocenters. The SMILES string of the molecule is C#Cc1cccc2cc(O)cc(-c3ncc4c(N5C[C@H]6CC[C@@H](C5)N6)nc(OC[C@@H]5CCCN5C5CCN(c6ccc7c(c6)CN(C6CCC(=O)NC6=O)C7)CC5)nc4c3F)c12. The van der Waals surface area contributed by atoms with Crippen molar-refractivity contribution in [3.8, 4) is 35.4 Å². The Labute approximate surface area is 359 Å². The first-order valence-electron chi connectivity index (χ1n) is 22.2. The fourth-order valence-electron chi connectivity index (χ4n) is 11.2. The van der Waals surface area contributed by atoms with Gasteiger partial charge in [-0.1, -0.05) is 24.1 Å². The van der Waals surface area contributed by atoms with Gasteiger partial charge in [0.2, 0.25) is 11.8 Å². The molecule has 11 rings (SSSR count). The van der Waals surface area contributed by atoms with E-state index in [9.17, 15) is 14.7 Å². The predicted molar refractivity (Wildman–Crippen MR) is 234 cm³/mol. The minimum atomic E-state index is -0.614. The molecule has 0 spiro atoms. The first kappa shape index (κ1) is 39.0. The molecule has 0 saturated carbocycles. The average molecular weight is 836 g/mol. The number of ether oxygens (including phenoxy) is 1. The molecule has 62 heavy (non-hydrogen) atoms. The summed E-state index contributed by atoms with van der Waals surface area (Å²) in [6, 6.07) is 16.4. The maximum Gasteiger partial charge on any atom is 0.319 e. The number of terminal acetylenes is 1. The van der Waals surface area contributed by atoms with Crippen LogP contribution in [0.3, 0.4) is 0 Å². The number of amides is 2. The van der Waals surface area contributed by atoms with Crippen LogP contribution < -0.4 is 25.2 Å². The number of halogens is 1. The van der Waals surface area contributed by atoms with E-state index in [1.54, 1.807) is 18.3 Å². The summed E-state index contributed by atoms with van der Waals surface area (Å²) < 4.78 is 23.6. The van der Waals surface area contributed by atoms with Gasteiger partial charge in [-0.3, -0.25) is 29.7 Å². The number of phenols is 1. The van der Waals surface area contributed by atoms with Crippen molar-refractivity contribution in [2.75, 3.05) is 49.1 Å². The molecule has 0 aliphatic carbocycles. The zero-order chi connectivity index (χ0) is 42.1. The van der Waals surface area contributed by atoms with E-state index in [-0.39, 0.29) is 46.9 Å². The number of fused-ring (bicyclic) bond motifs is 5. The predicted octanol–water partition coefficient (Wildman–Crippen LogP) is 5.24. The summed E-state index contributed by atoms with van der Waals surface area (Å²) in [7, 11) is 0. The van der Waals surface area contributed by atoms with Gasteiger partial charge in [0.25, 0.3) is 0 Å². The standard InChI is InChI=1S/C48H50FN9O4/c1-2-28-5-3-6-29-20-37(59)21-38(42(28)29)44-43(49)45-39(22-50-44)46(57-25-32-9-10-33(26-57)51-32)54-48(53-45)62-27-36-7-4-16-58(36)34-14-17-55(18-15-34)35-11-8-30-23-56(24-31(30)19-35)40-12-13-41(60)52-47(40)61/h1,3,5-6,8,11,19-22,32-34,36,40,51,59H,4,7,9-10,12-18,23-27H2,(H,52,60,61)/t32-,33+,36-,40?/m0/s1. The fraction of sp³-hybridized carbons (Fsp3) is 0.438. The number of pyridine rings is 1. The quantitative estimate of drug-likeness (QED) is 0.139. The van der Waals surface area contributed by atoms with Gasteiger partial charge in [-0.05, 0) is 98.3 Å². The number of piperidine rings is 2. The van der Waals surface area contributed by atoms with Crippen LogP contribution >= 0.6 is 0 Å². The van der Waals surface area contributed by atoms with Gasteiger partial charge in [0.15, 0.2) is 5.82 Å². The molecule has 0 radical (unpaired) electrons. The van der Waals surface area contributed by atoms with Gasteiger partial charge in [-0.15, -0.1) is 6.42 Å². The van der Waals surface area contributed by atoms with Gasteiger partial charge in [0.05, 0.1) is 11.4 Å². The number of nitrogens with one attached hydrogen (secondary N) is 2. The van der Waals surface area contributed by atoms with E-state index in [2.05, 4.69) is 59.3 Å². The van der Waals surface area contributed by atoms with Crippen LogP contribution in [0.25, 0.3) is 32.9 Å². The van der Waals surface area contributed by atoms with Crippen molar-refractivity contribution >= 4 is 45.0 Å². The molecule has 8 heterocycles. The number of carbonyl (C=O) groups excluding carboxylic acids is 2. The Morgan fingerprint density at radius 1 is 0.919 bits per heavy atom. The van der Waals surface area contributed by atoms with Crippen LogP contribution in [0.4, 0.5) is 15.9 Å². The third kappa shape index (κ3) is 7.06. The number of likely N-dealkylation sites (tertiary alicyclic amines) is 1. The molecule has 5 saturated heterocycles. The molecule has 6 aliphatic rings. The van der Waals surface area contributed by atoms with Crippen molar-refractivity contribution in [3.63, 3.8) is 0 Å². The molecule has 3 N–H and O–H groups in total. The first-order chi connectivity index (χ1) is 30.3. The highest BCUT2D eigenvalue weighted by Crippen LogP contribution is 2.39. The van der Waals surface area contributed by atoms with Crippen LogP contribution in [0.15, 0.2) is 54.7 Å². The third-order valence-corrected chi connectivity index (χ3v) is 14.2. The van der Waals surface area contributed by atoms with Crippen molar-refractivity contribution < 1.29 is 23.8 Å². The minimum absolute atomic E-state index is 0.0123. The third-order valence-electron chi connectivity index (χ3n) is 14.2. The van der Waals surface area contributed by atoms with Crippen LogP contribution in [-0.4, -0.2) is 111 Å². The number of hydrogen-bond donors (Lipinski definition) is 3. The number of piperazine rings is 1. The summed E-state index contributed by atoms with van der Waals surface area (Å²) in [5.41, 5.74) is 4.89. The number of anilines is 2. The zero-order valence-electron chi connectivity index (χ0n) is 34.7. The van der Waals surface area contributed by atoms with E-state index in [4.69, 9.17) is 21.1 Å². The van der Waals surface area contributed by atoms with E-state index < -0.39 is 5.82 Å². The molecule has 318 valence electrons. The largest absolute Gasteiger partial charge is 0.508 e. The molecular formula is C48H50FN9O4. The van der Waals surface area contributed by atoms with Crippen molar-refractivity contribution in [1.29, 1.82) is 0 Å². The Morgan fingerprint density at radius 2 is 1.74 bits per heavy atom. The van der Waals surface area contributed by atoms with Gasteiger partial charge in [-0.25, -0.2) is 4.39 Å². The van der Waals surface area contributed by atoms with Crippen molar-refractivity contribution in [1.82, 2.24) is 35.4 Å². The summed E-state index contributed by atoms with van der Waals surface area (Å²) in [4.78, 5) is 48.2. The molecule has 14 heteroatoms. The molecule has 5 fully saturated rings. The first-order valence-corrected chi connectivity index (χ1v) is 22.2.